The van der Waals surface area contributed by atoms with Crippen LogP contribution in [0.2, 0.25) is 0 Å². The zero-order chi connectivity index (χ0) is 7.98. The molecular weight excluding hydrogens is 158 g/mol. The van der Waals surface area contributed by atoms with Crippen LogP contribution < -0.4 is 34.7 Å². The first kappa shape index (κ1) is 14.0. The molecular formula is C7H12FNaO2. The van der Waals surface area contributed by atoms with E-state index in [9.17, 15) is 14.3 Å². The number of halogens is 1. The maximum atomic E-state index is 12.5. The standard InChI is InChI=1S/C7H13FO2.Na/c1-2-3-6(8)4-5-7(9)10;/h6H,2-5H2,1H3,(H,9,10);/q;+1/p-1. The van der Waals surface area contributed by atoms with E-state index in [1.165, 1.54) is 0 Å². The smallest absolute Gasteiger partial charge is 0.550 e. The number of carbonyl (C=O) groups is 1. The van der Waals surface area contributed by atoms with Crippen molar-refractivity contribution in [2.75, 3.05) is 0 Å². The van der Waals surface area contributed by atoms with Crippen LogP contribution in [0.25, 0.3) is 0 Å². The molecule has 0 aromatic heterocycles. The molecule has 0 aliphatic heterocycles. The van der Waals surface area contributed by atoms with Crippen molar-refractivity contribution in [2.24, 2.45) is 0 Å². The summed E-state index contributed by atoms with van der Waals surface area (Å²) >= 11 is 0. The Balaban J connectivity index is 0. The van der Waals surface area contributed by atoms with Crippen LogP contribution in [0.15, 0.2) is 0 Å². The van der Waals surface area contributed by atoms with Gasteiger partial charge in [0.2, 0.25) is 0 Å². The van der Waals surface area contributed by atoms with Gasteiger partial charge in [-0.25, -0.2) is 4.39 Å². The van der Waals surface area contributed by atoms with Gasteiger partial charge in [-0.1, -0.05) is 13.3 Å². The Labute approximate surface area is 88.5 Å². The summed E-state index contributed by atoms with van der Waals surface area (Å²) in [7, 11) is 0. The number of aliphatic carboxylic acids is 1. The Morgan fingerprint density at radius 2 is 2.09 bits per heavy atom. The second-order valence-electron chi connectivity index (χ2n) is 2.30. The number of rotatable bonds is 5. The van der Waals surface area contributed by atoms with Gasteiger partial charge in [0.25, 0.3) is 0 Å². The fourth-order valence-electron chi connectivity index (χ4n) is 0.732. The van der Waals surface area contributed by atoms with Gasteiger partial charge in [-0.2, -0.15) is 0 Å². The average molecular weight is 170 g/mol. The molecule has 0 aromatic carbocycles. The van der Waals surface area contributed by atoms with Crippen LogP contribution in [0.3, 0.4) is 0 Å². The van der Waals surface area contributed by atoms with Crippen LogP contribution in [0, 0.1) is 0 Å². The molecule has 0 aromatic rings. The van der Waals surface area contributed by atoms with Crippen molar-refractivity contribution >= 4 is 5.97 Å². The van der Waals surface area contributed by atoms with Gasteiger partial charge >= 0.3 is 29.6 Å². The molecule has 0 saturated carbocycles. The molecule has 0 rings (SSSR count). The molecule has 0 bridgehead atoms. The second kappa shape index (κ2) is 8.50. The predicted octanol–water partition coefficient (Wildman–Crippen LogP) is -2.34. The van der Waals surface area contributed by atoms with Gasteiger partial charge in [-0.3, -0.25) is 0 Å². The van der Waals surface area contributed by atoms with E-state index < -0.39 is 12.1 Å². The van der Waals surface area contributed by atoms with Gasteiger partial charge in [0.15, 0.2) is 0 Å². The number of carboxylic acid groups (broad SMARTS) is 1. The molecule has 0 saturated heterocycles. The molecule has 0 spiro atoms. The van der Waals surface area contributed by atoms with Crippen molar-refractivity contribution in [2.45, 2.75) is 38.8 Å². The van der Waals surface area contributed by atoms with Crippen LogP contribution in [0.4, 0.5) is 4.39 Å². The van der Waals surface area contributed by atoms with Crippen molar-refractivity contribution in [1.82, 2.24) is 0 Å². The molecule has 1 unspecified atom stereocenters. The van der Waals surface area contributed by atoms with E-state index in [-0.39, 0.29) is 42.4 Å². The third kappa shape index (κ3) is 10.4. The van der Waals surface area contributed by atoms with Crippen molar-refractivity contribution in [3.63, 3.8) is 0 Å². The van der Waals surface area contributed by atoms with Gasteiger partial charge in [0.05, 0.1) is 0 Å². The summed E-state index contributed by atoms with van der Waals surface area (Å²) in [5.41, 5.74) is 0. The molecule has 0 amide bonds. The number of hydrogen-bond acceptors (Lipinski definition) is 2. The van der Waals surface area contributed by atoms with Crippen molar-refractivity contribution in [1.29, 1.82) is 0 Å². The maximum Gasteiger partial charge on any atom is 1.00 e. The Morgan fingerprint density at radius 3 is 2.45 bits per heavy atom. The van der Waals surface area contributed by atoms with Crippen LogP contribution in [0.5, 0.6) is 0 Å². The molecule has 0 radical (unpaired) electrons. The van der Waals surface area contributed by atoms with Crippen LogP contribution in [0.1, 0.15) is 32.6 Å². The van der Waals surface area contributed by atoms with Crippen LogP contribution in [-0.2, 0) is 4.79 Å². The number of hydrogen-bond donors (Lipinski definition) is 0. The number of carboxylic acids is 1. The van der Waals surface area contributed by atoms with Crippen LogP contribution >= 0.6 is 0 Å². The first-order chi connectivity index (χ1) is 4.66. The van der Waals surface area contributed by atoms with Gasteiger partial charge in [0, 0.05) is 5.97 Å². The minimum atomic E-state index is -1.17. The molecule has 0 heterocycles. The third-order valence-corrected chi connectivity index (χ3v) is 1.26. The zero-order valence-electron chi connectivity index (χ0n) is 7.10. The third-order valence-electron chi connectivity index (χ3n) is 1.26. The van der Waals surface area contributed by atoms with E-state index in [0.29, 0.717) is 6.42 Å². The first-order valence-electron chi connectivity index (χ1n) is 3.50. The van der Waals surface area contributed by atoms with Gasteiger partial charge in [-0.05, 0) is 19.3 Å². The quantitative estimate of drug-likeness (QED) is 0.434. The molecule has 4 heteroatoms. The monoisotopic (exact) mass is 170 g/mol. The summed E-state index contributed by atoms with van der Waals surface area (Å²) in [6.45, 7) is 1.87. The summed E-state index contributed by atoms with van der Waals surface area (Å²) in [5.74, 6) is -1.17. The fourth-order valence-corrected chi connectivity index (χ4v) is 0.732. The van der Waals surface area contributed by atoms with Gasteiger partial charge < -0.3 is 9.90 Å². The second-order valence-corrected chi connectivity index (χ2v) is 2.30. The molecule has 0 N–H and O–H groups in total. The van der Waals surface area contributed by atoms with E-state index in [4.69, 9.17) is 0 Å². The number of carbonyl (C=O) groups excluding carboxylic acids is 1. The maximum absolute atomic E-state index is 12.5. The van der Waals surface area contributed by atoms with E-state index >= 15 is 0 Å². The normalized spacial score (nSPS) is 11.8. The molecule has 0 aliphatic carbocycles. The summed E-state index contributed by atoms with van der Waals surface area (Å²) < 4.78 is 12.5. The summed E-state index contributed by atoms with van der Waals surface area (Å²) in [6, 6.07) is 0. The molecule has 0 aliphatic rings. The molecule has 60 valence electrons. The summed E-state index contributed by atoms with van der Waals surface area (Å²) in [6.07, 6.45) is 0.168. The van der Waals surface area contributed by atoms with E-state index in [2.05, 4.69) is 0 Å². The first-order valence-corrected chi connectivity index (χ1v) is 3.50. The minimum absolute atomic E-state index is 0. The van der Waals surface area contributed by atoms with E-state index in [1.54, 1.807) is 0 Å². The van der Waals surface area contributed by atoms with Crippen molar-refractivity contribution in [3.05, 3.63) is 0 Å². The Morgan fingerprint density at radius 1 is 1.55 bits per heavy atom. The van der Waals surface area contributed by atoms with E-state index in [0.717, 1.165) is 6.42 Å². The zero-order valence-corrected chi connectivity index (χ0v) is 9.10. The molecule has 1 atom stereocenters. The largest absolute Gasteiger partial charge is 1.00 e. The Kier molecular flexibility index (Phi) is 10.8. The van der Waals surface area contributed by atoms with Crippen LogP contribution in [-0.4, -0.2) is 12.1 Å². The Bertz CT molecular complexity index is 109. The Hall–Kier alpha value is 0.400. The summed E-state index contributed by atoms with van der Waals surface area (Å²) in [4.78, 5) is 9.83. The predicted molar refractivity (Wildman–Crippen MR) is 34.0 cm³/mol. The molecule has 11 heavy (non-hydrogen) atoms. The van der Waals surface area contributed by atoms with E-state index in [1.807, 2.05) is 6.92 Å². The van der Waals surface area contributed by atoms with Crippen molar-refractivity contribution in [3.8, 4) is 0 Å². The minimum Gasteiger partial charge on any atom is -0.550 e. The van der Waals surface area contributed by atoms with Gasteiger partial charge in [0.1, 0.15) is 6.17 Å². The fraction of sp³-hybridized carbons (Fsp3) is 0.857. The molecule has 2 nitrogen and oxygen atoms in total. The summed E-state index contributed by atoms with van der Waals surface area (Å²) in [5, 5.41) is 9.83. The van der Waals surface area contributed by atoms with Gasteiger partial charge in [-0.15, -0.1) is 0 Å². The molecule has 0 fully saturated rings. The SMILES string of the molecule is CCCC(F)CCC(=O)[O-].[Na+]. The topological polar surface area (TPSA) is 40.1 Å². The van der Waals surface area contributed by atoms with Crippen molar-refractivity contribution < 1.29 is 43.8 Å². The number of alkyl halides is 1. The average Bonchev–Trinajstić information content (AvgIpc) is 1.85.